The van der Waals surface area contributed by atoms with E-state index in [4.69, 9.17) is 16.7 Å². The molecule has 2 unspecified atom stereocenters. The van der Waals surface area contributed by atoms with Crippen molar-refractivity contribution in [2.75, 3.05) is 18.4 Å². The average molecular weight is 362 g/mol. The van der Waals surface area contributed by atoms with Crippen molar-refractivity contribution in [1.82, 2.24) is 4.90 Å². The molecular formula is C13H14BrClN2O3. The van der Waals surface area contributed by atoms with Gasteiger partial charge in [0.1, 0.15) is 0 Å². The summed E-state index contributed by atoms with van der Waals surface area (Å²) in [7, 11) is 0. The molecule has 0 aromatic heterocycles. The first kappa shape index (κ1) is 15.1. The van der Waals surface area contributed by atoms with Crippen LogP contribution in [0.5, 0.6) is 0 Å². The number of hydrogen-bond acceptors (Lipinski definition) is 2. The third-order valence-electron chi connectivity index (χ3n) is 3.39. The lowest BCUT2D eigenvalue weighted by Crippen LogP contribution is -2.33. The van der Waals surface area contributed by atoms with Crippen LogP contribution in [-0.4, -0.2) is 35.1 Å². The second-order valence-corrected chi connectivity index (χ2v) is 6.20. The highest BCUT2D eigenvalue weighted by Gasteiger charge is 2.37. The van der Waals surface area contributed by atoms with E-state index in [0.29, 0.717) is 17.3 Å². The minimum atomic E-state index is -0.866. The Morgan fingerprint density at radius 2 is 2.15 bits per heavy atom. The lowest BCUT2D eigenvalue weighted by atomic mass is 9.99. The van der Waals surface area contributed by atoms with Crippen LogP contribution in [0, 0.1) is 11.8 Å². The van der Waals surface area contributed by atoms with E-state index in [-0.39, 0.29) is 18.5 Å². The lowest BCUT2D eigenvalue weighted by Gasteiger charge is -2.17. The van der Waals surface area contributed by atoms with E-state index < -0.39 is 11.9 Å². The summed E-state index contributed by atoms with van der Waals surface area (Å²) in [4.78, 5) is 24.7. The summed E-state index contributed by atoms with van der Waals surface area (Å²) in [6, 6.07) is 4.82. The van der Waals surface area contributed by atoms with Crippen LogP contribution >= 0.6 is 27.5 Å². The molecule has 2 rings (SSSR count). The molecule has 1 aromatic carbocycles. The van der Waals surface area contributed by atoms with E-state index in [1.165, 1.54) is 4.90 Å². The highest BCUT2D eigenvalue weighted by molar-refractivity contribution is 9.10. The Balaban J connectivity index is 2.04. The molecular weight excluding hydrogens is 348 g/mol. The average Bonchev–Trinajstić information content (AvgIpc) is 2.75. The van der Waals surface area contributed by atoms with Gasteiger partial charge >= 0.3 is 12.0 Å². The molecule has 1 saturated heterocycles. The number of amides is 2. The largest absolute Gasteiger partial charge is 0.481 e. The highest BCUT2D eigenvalue weighted by atomic mass is 79.9. The Hall–Kier alpha value is -1.27. The van der Waals surface area contributed by atoms with Gasteiger partial charge in [-0.1, -0.05) is 34.5 Å². The van der Waals surface area contributed by atoms with Gasteiger partial charge < -0.3 is 15.3 Å². The van der Waals surface area contributed by atoms with Crippen molar-refractivity contribution in [3.63, 3.8) is 0 Å². The molecule has 2 atom stereocenters. The Labute approximate surface area is 130 Å². The van der Waals surface area contributed by atoms with Gasteiger partial charge in [0.25, 0.3) is 0 Å². The quantitative estimate of drug-likeness (QED) is 0.849. The zero-order valence-corrected chi connectivity index (χ0v) is 13.1. The van der Waals surface area contributed by atoms with Gasteiger partial charge in [-0.15, -0.1) is 0 Å². The van der Waals surface area contributed by atoms with E-state index >= 15 is 0 Å². The number of aliphatic carboxylic acids is 1. The SMILES string of the molecule is CC1CN(C(=O)Nc2ccc(Br)cc2Cl)CC1C(=O)O. The maximum absolute atomic E-state index is 12.1. The Morgan fingerprint density at radius 3 is 2.70 bits per heavy atom. The summed E-state index contributed by atoms with van der Waals surface area (Å²) in [5.41, 5.74) is 0.506. The first-order valence-corrected chi connectivity index (χ1v) is 7.29. The highest BCUT2D eigenvalue weighted by Crippen LogP contribution is 2.27. The van der Waals surface area contributed by atoms with Crippen LogP contribution in [0.4, 0.5) is 10.5 Å². The molecule has 0 radical (unpaired) electrons. The number of hydrogen-bond donors (Lipinski definition) is 2. The Bertz CT molecular complexity index is 552. The number of carboxylic acid groups (broad SMARTS) is 1. The molecule has 2 amide bonds. The molecule has 1 aliphatic rings. The van der Waals surface area contributed by atoms with Gasteiger partial charge in [0.15, 0.2) is 0 Å². The lowest BCUT2D eigenvalue weighted by molar-refractivity contribution is -0.142. The fourth-order valence-electron chi connectivity index (χ4n) is 2.24. The molecule has 2 N–H and O–H groups in total. The van der Waals surface area contributed by atoms with Crippen molar-refractivity contribution in [3.05, 3.63) is 27.7 Å². The van der Waals surface area contributed by atoms with Crippen LogP contribution in [0.1, 0.15) is 6.92 Å². The predicted octanol–water partition coefficient (Wildman–Crippen LogP) is 3.29. The number of benzene rings is 1. The molecule has 7 heteroatoms. The molecule has 1 heterocycles. The van der Waals surface area contributed by atoms with Crippen LogP contribution in [0.2, 0.25) is 5.02 Å². The minimum Gasteiger partial charge on any atom is -0.481 e. The van der Waals surface area contributed by atoms with Gasteiger partial charge in [-0.05, 0) is 24.1 Å². The molecule has 0 spiro atoms. The summed E-state index contributed by atoms with van der Waals surface area (Å²) < 4.78 is 0.821. The van der Waals surface area contributed by atoms with Crippen LogP contribution in [0.15, 0.2) is 22.7 Å². The van der Waals surface area contributed by atoms with Gasteiger partial charge in [0.2, 0.25) is 0 Å². The number of rotatable bonds is 2. The van der Waals surface area contributed by atoms with E-state index in [9.17, 15) is 9.59 Å². The summed E-state index contributed by atoms with van der Waals surface area (Å²) in [5.74, 6) is -1.44. The third kappa shape index (κ3) is 3.24. The van der Waals surface area contributed by atoms with Crippen molar-refractivity contribution in [1.29, 1.82) is 0 Å². The third-order valence-corrected chi connectivity index (χ3v) is 4.20. The second kappa shape index (κ2) is 6.01. The Morgan fingerprint density at radius 1 is 1.45 bits per heavy atom. The number of nitrogens with zero attached hydrogens (tertiary/aromatic N) is 1. The normalized spacial score (nSPS) is 21.9. The summed E-state index contributed by atoms with van der Waals surface area (Å²) in [6.07, 6.45) is 0. The van der Waals surface area contributed by atoms with E-state index in [1.54, 1.807) is 18.2 Å². The maximum atomic E-state index is 12.1. The van der Waals surface area contributed by atoms with Crippen molar-refractivity contribution >= 4 is 45.2 Å². The van der Waals surface area contributed by atoms with E-state index in [0.717, 1.165) is 4.47 Å². The number of carbonyl (C=O) groups is 2. The van der Waals surface area contributed by atoms with Crippen LogP contribution in [-0.2, 0) is 4.79 Å². The molecule has 108 valence electrons. The van der Waals surface area contributed by atoms with E-state index in [2.05, 4.69) is 21.2 Å². The van der Waals surface area contributed by atoms with Crippen molar-refractivity contribution < 1.29 is 14.7 Å². The molecule has 0 bridgehead atoms. The molecule has 0 saturated carbocycles. The van der Waals surface area contributed by atoms with Crippen LogP contribution < -0.4 is 5.32 Å². The smallest absolute Gasteiger partial charge is 0.321 e. The number of carboxylic acids is 1. The summed E-state index contributed by atoms with van der Waals surface area (Å²) >= 11 is 9.32. The first-order chi connectivity index (χ1) is 9.38. The molecule has 5 nitrogen and oxygen atoms in total. The maximum Gasteiger partial charge on any atom is 0.321 e. The fourth-order valence-corrected chi connectivity index (χ4v) is 2.96. The van der Waals surface area contributed by atoms with Crippen molar-refractivity contribution in [2.45, 2.75) is 6.92 Å². The number of carbonyl (C=O) groups excluding carboxylic acids is 1. The zero-order chi connectivity index (χ0) is 14.9. The van der Waals surface area contributed by atoms with Crippen LogP contribution in [0.3, 0.4) is 0 Å². The second-order valence-electron chi connectivity index (χ2n) is 4.88. The monoisotopic (exact) mass is 360 g/mol. The Kier molecular flexibility index (Phi) is 4.55. The summed E-state index contributed by atoms with van der Waals surface area (Å²) in [6.45, 7) is 2.48. The molecule has 1 aromatic rings. The first-order valence-electron chi connectivity index (χ1n) is 6.12. The standard InChI is InChI=1S/C13H14BrClN2O3/c1-7-5-17(6-9(7)12(18)19)13(20)16-11-3-2-8(14)4-10(11)15/h2-4,7,9H,5-6H2,1H3,(H,16,20)(H,18,19). The fraction of sp³-hybridized carbons (Fsp3) is 0.385. The van der Waals surface area contributed by atoms with Gasteiger partial charge in [0.05, 0.1) is 16.6 Å². The zero-order valence-electron chi connectivity index (χ0n) is 10.8. The number of halogens is 2. The molecule has 1 aliphatic heterocycles. The summed E-state index contributed by atoms with van der Waals surface area (Å²) in [5, 5.41) is 12.2. The van der Waals surface area contributed by atoms with Gasteiger partial charge in [-0.25, -0.2) is 4.79 Å². The molecule has 0 aliphatic carbocycles. The topological polar surface area (TPSA) is 69.6 Å². The van der Waals surface area contributed by atoms with Crippen molar-refractivity contribution in [3.8, 4) is 0 Å². The number of anilines is 1. The van der Waals surface area contributed by atoms with Crippen molar-refractivity contribution in [2.24, 2.45) is 11.8 Å². The van der Waals surface area contributed by atoms with Gasteiger partial charge in [0, 0.05) is 17.6 Å². The minimum absolute atomic E-state index is 0.0568. The van der Waals surface area contributed by atoms with Crippen LogP contribution in [0.25, 0.3) is 0 Å². The number of urea groups is 1. The number of nitrogens with one attached hydrogen (secondary N) is 1. The molecule has 20 heavy (non-hydrogen) atoms. The van der Waals surface area contributed by atoms with Gasteiger partial charge in [-0.2, -0.15) is 0 Å². The number of likely N-dealkylation sites (tertiary alicyclic amines) is 1. The predicted molar refractivity (Wildman–Crippen MR) is 80.0 cm³/mol. The van der Waals surface area contributed by atoms with E-state index in [1.807, 2.05) is 6.92 Å². The molecule has 1 fully saturated rings. The van der Waals surface area contributed by atoms with Gasteiger partial charge in [-0.3, -0.25) is 4.79 Å².